The fraction of sp³-hybridized carbons (Fsp3) is 0.667. The molecule has 2 N–H and O–H groups in total. The predicted octanol–water partition coefficient (Wildman–Crippen LogP) is 3.33. The van der Waals surface area contributed by atoms with Gasteiger partial charge in [-0.05, 0) is 48.6 Å². The normalized spacial score (nSPS) is 21.9. The van der Waals surface area contributed by atoms with Crippen LogP contribution in [0.25, 0.3) is 0 Å². The number of hydrogen-bond acceptors (Lipinski definition) is 3. The first-order valence-corrected chi connectivity index (χ1v) is 8.03. The summed E-state index contributed by atoms with van der Waals surface area (Å²) < 4.78 is 5.45. The Kier molecular flexibility index (Phi) is 5.65. The minimum atomic E-state index is 0.262. The summed E-state index contributed by atoms with van der Waals surface area (Å²) in [6.45, 7) is 5.86. The average molecular weight is 291 g/mol. The molecule has 0 aromatic heterocycles. The average Bonchev–Trinajstić information content (AvgIpc) is 2.44. The Bertz CT molecular complexity index is 439. The van der Waals surface area contributed by atoms with Crippen LogP contribution in [0.5, 0.6) is 5.75 Å². The Morgan fingerprint density at radius 2 is 2.00 bits per heavy atom. The fourth-order valence-corrected chi connectivity index (χ4v) is 3.11. The van der Waals surface area contributed by atoms with Crippen LogP contribution in [0.3, 0.4) is 0 Å². The summed E-state index contributed by atoms with van der Waals surface area (Å²) in [4.78, 5) is 0. The Balaban J connectivity index is 1.77. The molecule has 3 nitrogen and oxygen atoms in total. The summed E-state index contributed by atoms with van der Waals surface area (Å²) in [5.41, 5.74) is 1.61. The van der Waals surface area contributed by atoms with Crippen LogP contribution in [-0.4, -0.2) is 31.4 Å². The van der Waals surface area contributed by atoms with Gasteiger partial charge in [-0.25, -0.2) is 0 Å². The molecule has 0 heterocycles. The molecule has 1 saturated carbocycles. The molecule has 0 spiro atoms. The van der Waals surface area contributed by atoms with E-state index in [0.29, 0.717) is 18.6 Å². The van der Waals surface area contributed by atoms with Crippen LogP contribution in [0.4, 0.5) is 0 Å². The van der Waals surface area contributed by atoms with Crippen molar-refractivity contribution >= 4 is 0 Å². The maximum absolute atomic E-state index is 8.94. The molecule has 0 atom stereocenters. The largest absolute Gasteiger partial charge is 0.496 e. The van der Waals surface area contributed by atoms with Crippen LogP contribution in [0.15, 0.2) is 24.3 Å². The third-order valence-corrected chi connectivity index (χ3v) is 4.60. The standard InChI is InChI=1S/C18H29NO2/c1-18(2,9-6-10-20)13-19-15-11-14(12-15)16-7-4-5-8-17(16)21-3/h4-5,7-8,14-15,19-20H,6,9-13H2,1-3H3. The molecule has 1 aliphatic carbocycles. The van der Waals surface area contributed by atoms with E-state index >= 15 is 0 Å². The molecule has 1 aromatic carbocycles. The van der Waals surface area contributed by atoms with Gasteiger partial charge in [0.1, 0.15) is 5.75 Å². The number of rotatable bonds is 8. The van der Waals surface area contributed by atoms with Crippen molar-refractivity contribution in [1.29, 1.82) is 0 Å². The van der Waals surface area contributed by atoms with Crippen LogP contribution in [0, 0.1) is 5.41 Å². The van der Waals surface area contributed by atoms with Gasteiger partial charge in [0.15, 0.2) is 0 Å². The van der Waals surface area contributed by atoms with E-state index in [-0.39, 0.29) is 5.41 Å². The van der Waals surface area contributed by atoms with E-state index in [1.54, 1.807) is 7.11 Å². The highest BCUT2D eigenvalue weighted by Crippen LogP contribution is 2.41. The number of aliphatic hydroxyl groups is 1. The predicted molar refractivity (Wildman–Crippen MR) is 86.9 cm³/mol. The van der Waals surface area contributed by atoms with Crippen molar-refractivity contribution < 1.29 is 9.84 Å². The lowest BCUT2D eigenvalue weighted by Gasteiger charge is -2.39. The van der Waals surface area contributed by atoms with Crippen molar-refractivity contribution in [3.8, 4) is 5.75 Å². The Morgan fingerprint density at radius 3 is 2.67 bits per heavy atom. The van der Waals surface area contributed by atoms with E-state index in [1.165, 1.54) is 18.4 Å². The van der Waals surface area contributed by atoms with Gasteiger partial charge in [-0.1, -0.05) is 32.0 Å². The highest BCUT2D eigenvalue weighted by atomic mass is 16.5. The topological polar surface area (TPSA) is 41.5 Å². The van der Waals surface area contributed by atoms with Crippen molar-refractivity contribution in [2.75, 3.05) is 20.3 Å². The molecule has 1 aliphatic rings. The van der Waals surface area contributed by atoms with Gasteiger partial charge in [0.05, 0.1) is 7.11 Å². The minimum Gasteiger partial charge on any atom is -0.496 e. The van der Waals surface area contributed by atoms with Gasteiger partial charge >= 0.3 is 0 Å². The van der Waals surface area contributed by atoms with Gasteiger partial charge in [-0.15, -0.1) is 0 Å². The van der Waals surface area contributed by atoms with Gasteiger partial charge in [-0.2, -0.15) is 0 Å². The first-order valence-electron chi connectivity index (χ1n) is 8.03. The molecule has 0 saturated heterocycles. The Labute approximate surface area is 128 Å². The maximum atomic E-state index is 8.94. The van der Waals surface area contributed by atoms with Gasteiger partial charge in [0.25, 0.3) is 0 Å². The van der Waals surface area contributed by atoms with Gasteiger partial charge < -0.3 is 15.2 Å². The van der Waals surface area contributed by atoms with E-state index in [1.807, 2.05) is 12.1 Å². The third-order valence-electron chi connectivity index (χ3n) is 4.60. The molecule has 21 heavy (non-hydrogen) atoms. The van der Waals surface area contributed by atoms with Crippen LogP contribution in [-0.2, 0) is 0 Å². The monoisotopic (exact) mass is 291 g/mol. The zero-order valence-electron chi connectivity index (χ0n) is 13.6. The number of hydrogen-bond donors (Lipinski definition) is 2. The maximum Gasteiger partial charge on any atom is 0.122 e. The first kappa shape index (κ1) is 16.3. The molecule has 0 bridgehead atoms. The molecule has 0 amide bonds. The highest BCUT2D eigenvalue weighted by Gasteiger charge is 2.32. The van der Waals surface area contributed by atoms with Gasteiger partial charge in [0.2, 0.25) is 0 Å². The summed E-state index contributed by atoms with van der Waals surface area (Å²) in [6, 6.07) is 8.98. The molecular weight excluding hydrogens is 262 g/mol. The molecule has 0 unspecified atom stereocenters. The van der Waals surface area contributed by atoms with Crippen molar-refractivity contribution in [3.63, 3.8) is 0 Å². The molecular formula is C18H29NO2. The second-order valence-electron chi connectivity index (χ2n) is 6.98. The molecule has 1 aromatic rings. The second-order valence-corrected chi connectivity index (χ2v) is 6.98. The Hall–Kier alpha value is -1.06. The van der Waals surface area contributed by atoms with Crippen molar-refractivity contribution in [2.24, 2.45) is 5.41 Å². The number of para-hydroxylation sites is 1. The molecule has 0 radical (unpaired) electrons. The summed E-state index contributed by atoms with van der Waals surface area (Å²) in [6.07, 6.45) is 4.34. The van der Waals surface area contributed by atoms with Gasteiger partial charge in [0, 0.05) is 19.2 Å². The van der Waals surface area contributed by atoms with Crippen molar-refractivity contribution in [3.05, 3.63) is 29.8 Å². The molecule has 3 heteroatoms. The van der Waals surface area contributed by atoms with E-state index < -0.39 is 0 Å². The van der Waals surface area contributed by atoms with Gasteiger partial charge in [-0.3, -0.25) is 0 Å². The third kappa shape index (κ3) is 4.45. The molecule has 0 aliphatic heterocycles. The van der Waals surface area contributed by atoms with E-state index in [4.69, 9.17) is 9.84 Å². The lowest BCUT2D eigenvalue weighted by Crippen LogP contribution is -2.44. The number of ether oxygens (including phenoxy) is 1. The van der Waals surface area contributed by atoms with E-state index in [0.717, 1.165) is 25.1 Å². The number of methoxy groups -OCH3 is 1. The molecule has 1 fully saturated rings. The summed E-state index contributed by atoms with van der Waals surface area (Å²) in [5.74, 6) is 1.64. The van der Waals surface area contributed by atoms with Crippen molar-refractivity contribution in [2.45, 2.75) is 51.5 Å². The lowest BCUT2D eigenvalue weighted by atomic mass is 9.75. The molecule has 118 valence electrons. The number of nitrogens with one attached hydrogen (secondary N) is 1. The highest BCUT2D eigenvalue weighted by molar-refractivity contribution is 5.37. The first-order chi connectivity index (χ1) is 10.1. The quantitative estimate of drug-likeness (QED) is 0.772. The van der Waals surface area contributed by atoms with Crippen LogP contribution < -0.4 is 10.1 Å². The van der Waals surface area contributed by atoms with E-state index in [9.17, 15) is 0 Å². The lowest BCUT2D eigenvalue weighted by molar-refractivity contribution is 0.209. The van der Waals surface area contributed by atoms with E-state index in [2.05, 4.69) is 31.3 Å². The zero-order valence-corrected chi connectivity index (χ0v) is 13.6. The van der Waals surface area contributed by atoms with Crippen molar-refractivity contribution in [1.82, 2.24) is 5.32 Å². The smallest absolute Gasteiger partial charge is 0.122 e. The summed E-state index contributed by atoms with van der Waals surface area (Å²) in [5, 5.41) is 12.6. The second kappa shape index (κ2) is 7.28. The van der Waals surface area contributed by atoms with Crippen LogP contribution in [0.2, 0.25) is 0 Å². The fourth-order valence-electron chi connectivity index (χ4n) is 3.11. The Morgan fingerprint density at radius 1 is 1.29 bits per heavy atom. The summed E-state index contributed by atoms with van der Waals surface area (Å²) in [7, 11) is 1.75. The summed E-state index contributed by atoms with van der Waals surface area (Å²) >= 11 is 0. The number of benzene rings is 1. The zero-order chi connectivity index (χ0) is 15.3. The molecule has 2 rings (SSSR count). The minimum absolute atomic E-state index is 0.262. The number of aliphatic hydroxyl groups excluding tert-OH is 1. The van der Waals surface area contributed by atoms with Crippen LogP contribution in [0.1, 0.15) is 51.0 Å². The SMILES string of the molecule is COc1ccccc1C1CC(NCC(C)(C)CCCO)C1. The van der Waals surface area contributed by atoms with Crippen LogP contribution >= 0.6 is 0 Å².